The first-order valence-electron chi connectivity index (χ1n) is 8.29. The molecule has 0 unspecified atom stereocenters. The molecule has 0 fully saturated rings. The van der Waals surface area contributed by atoms with Crippen molar-refractivity contribution >= 4 is 28.6 Å². The number of hydrogen-bond donors (Lipinski definition) is 3. The van der Waals surface area contributed by atoms with E-state index < -0.39 is 0 Å². The van der Waals surface area contributed by atoms with Crippen LogP contribution >= 0.6 is 0 Å². The van der Waals surface area contributed by atoms with Crippen molar-refractivity contribution in [3.8, 4) is 0 Å². The first-order chi connectivity index (χ1) is 12.6. The molecule has 1 aromatic carbocycles. The molecule has 0 spiro atoms. The summed E-state index contributed by atoms with van der Waals surface area (Å²) in [6.07, 6.45) is 3.53. The summed E-state index contributed by atoms with van der Waals surface area (Å²) in [7, 11) is 1.73. The lowest BCUT2D eigenvalue weighted by atomic mass is 9.99. The number of hydrogen-bond acceptors (Lipinski definition) is 6. The molecule has 0 aliphatic carbocycles. The normalized spacial score (nSPS) is 13.5. The molecular formula is C17H18FN7O. The van der Waals surface area contributed by atoms with Crippen molar-refractivity contribution in [3.63, 3.8) is 0 Å². The van der Waals surface area contributed by atoms with E-state index >= 15 is 0 Å². The summed E-state index contributed by atoms with van der Waals surface area (Å²) in [5.41, 5.74) is 2.99. The Kier molecular flexibility index (Phi) is 4.21. The van der Waals surface area contributed by atoms with Crippen molar-refractivity contribution in [1.29, 1.82) is 0 Å². The molecule has 1 aliphatic rings. The zero-order chi connectivity index (χ0) is 18.1. The fourth-order valence-corrected chi connectivity index (χ4v) is 3.15. The topological polar surface area (TPSA) is 98.8 Å². The molecule has 0 radical (unpaired) electrons. The number of anilines is 2. The second-order valence-corrected chi connectivity index (χ2v) is 6.19. The summed E-state index contributed by atoms with van der Waals surface area (Å²) < 4.78 is 14.7. The van der Waals surface area contributed by atoms with Crippen LogP contribution in [0.3, 0.4) is 0 Å². The lowest BCUT2D eigenvalue weighted by molar-refractivity contribution is -0.114. The number of fused-ring (bicyclic) bond motifs is 2. The average Bonchev–Trinajstić information content (AvgIpc) is 3.13. The second-order valence-electron chi connectivity index (χ2n) is 6.19. The van der Waals surface area contributed by atoms with E-state index in [1.54, 1.807) is 18.0 Å². The standard InChI is InChI=1S/C17H18FN7O/c1-25(17-15-16(21-8-20-15)22-9-23-17)7-13(26)24-12-3-2-10-6-19-5-4-11(10)14(12)18/h2-3,8-9,19H,4-7H2,1H3,(H,24,26)(H,20,21,22,23). The lowest BCUT2D eigenvalue weighted by Gasteiger charge is -2.21. The van der Waals surface area contributed by atoms with Crippen molar-refractivity contribution in [1.82, 2.24) is 25.3 Å². The number of carbonyl (C=O) groups is 1. The number of aromatic nitrogens is 4. The van der Waals surface area contributed by atoms with E-state index in [1.807, 2.05) is 6.07 Å². The maximum absolute atomic E-state index is 14.7. The van der Waals surface area contributed by atoms with Crippen LogP contribution in [0.25, 0.3) is 11.2 Å². The number of halogens is 1. The molecule has 9 heteroatoms. The van der Waals surface area contributed by atoms with E-state index in [0.29, 0.717) is 35.5 Å². The number of likely N-dealkylation sites (N-methyl/N-ethyl adjacent to an activating group) is 1. The van der Waals surface area contributed by atoms with Gasteiger partial charge in [-0.3, -0.25) is 4.79 Å². The third-order valence-electron chi connectivity index (χ3n) is 4.43. The van der Waals surface area contributed by atoms with Crippen molar-refractivity contribution in [2.75, 3.05) is 30.4 Å². The molecule has 3 N–H and O–H groups in total. The summed E-state index contributed by atoms with van der Waals surface area (Å²) in [6.45, 7) is 1.40. The van der Waals surface area contributed by atoms with Crippen LogP contribution in [0.2, 0.25) is 0 Å². The van der Waals surface area contributed by atoms with Gasteiger partial charge in [-0.2, -0.15) is 0 Å². The van der Waals surface area contributed by atoms with E-state index in [0.717, 1.165) is 12.1 Å². The first kappa shape index (κ1) is 16.4. The minimum Gasteiger partial charge on any atom is -0.348 e. The predicted molar refractivity (Wildman–Crippen MR) is 95.4 cm³/mol. The van der Waals surface area contributed by atoms with Crippen LogP contribution in [0.15, 0.2) is 24.8 Å². The molecule has 2 aromatic heterocycles. The van der Waals surface area contributed by atoms with Crippen molar-refractivity contribution in [2.24, 2.45) is 0 Å². The van der Waals surface area contributed by atoms with Crippen LogP contribution in [0.5, 0.6) is 0 Å². The van der Waals surface area contributed by atoms with Gasteiger partial charge in [0.1, 0.15) is 17.7 Å². The number of nitrogens with zero attached hydrogens (tertiary/aromatic N) is 4. The molecule has 0 atom stereocenters. The summed E-state index contributed by atoms with van der Waals surface area (Å²) >= 11 is 0. The third kappa shape index (κ3) is 2.97. The van der Waals surface area contributed by atoms with Gasteiger partial charge in [0.25, 0.3) is 0 Å². The molecule has 4 rings (SSSR count). The molecule has 134 valence electrons. The zero-order valence-corrected chi connectivity index (χ0v) is 14.2. The van der Waals surface area contributed by atoms with Gasteiger partial charge in [-0.15, -0.1) is 0 Å². The number of imidazole rings is 1. The number of nitrogens with one attached hydrogen (secondary N) is 3. The number of aromatic amines is 1. The maximum atomic E-state index is 14.7. The van der Waals surface area contributed by atoms with Gasteiger partial charge in [-0.25, -0.2) is 19.3 Å². The Balaban J connectivity index is 1.50. The van der Waals surface area contributed by atoms with Crippen molar-refractivity contribution in [3.05, 3.63) is 41.7 Å². The molecule has 3 heterocycles. The van der Waals surface area contributed by atoms with Gasteiger partial charge in [0.2, 0.25) is 5.91 Å². The Morgan fingerprint density at radius 1 is 1.35 bits per heavy atom. The number of rotatable bonds is 4. The molecule has 3 aromatic rings. The van der Waals surface area contributed by atoms with Crippen molar-refractivity contribution in [2.45, 2.75) is 13.0 Å². The molecule has 1 amide bonds. The Morgan fingerprint density at radius 3 is 3.12 bits per heavy atom. The minimum atomic E-state index is -0.349. The Morgan fingerprint density at radius 2 is 2.23 bits per heavy atom. The summed E-state index contributed by atoms with van der Waals surface area (Å²) in [6, 6.07) is 3.46. The fourth-order valence-electron chi connectivity index (χ4n) is 3.15. The number of amides is 1. The third-order valence-corrected chi connectivity index (χ3v) is 4.43. The quantitative estimate of drug-likeness (QED) is 0.651. The predicted octanol–water partition coefficient (Wildman–Crippen LogP) is 1.21. The van der Waals surface area contributed by atoms with Crippen LogP contribution in [0, 0.1) is 5.82 Å². The fraction of sp³-hybridized carbons (Fsp3) is 0.294. The van der Waals surface area contributed by atoms with Gasteiger partial charge in [0.15, 0.2) is 11.5 Å². The molecule has 8 nitrogen and oxygen atoms in total. The monoisotopic (exact) mass is 355 g/mol. The highest BCUT2D eigenvalue weighted by molar-refractivity contribution is 5.95. The number of benzene rings is 1. The van der Waals surface area contributed by atoms with Crippen molar-refractivity contribution < 1.29 is 9.18 Å². The van der Waals surface area contributed by atoms with E-state index in [9.17, 15) is 9.18 Å². The van der Waals surface area contributed by atoms with E-state index in [4.69, 9.17) is 0 Å². The smallest absolute Gasteiger partial charge is 0.244 e. The lowest BCUT2D eigenvalue weighted by Crippen LogP contribution is -2.31. The Hall–Kier alpha value is -3.07. The SMILES string of the molecule is CN(CC(=O)Nc1ccc2c(c1F)CCNC2)c1ncnc2nc[nH]c12. The van der Waals surface area contributed by atoms with Gasteiger partial charge in [-0.1, -0.05) is 6.07 Å². The first-order valence-corrected chi connectivity index (χ1v) is 8.29. The van der Waals surface area contributed by atoms with Gasteiger partial charge < -0.3 is 20.5 Å². The van der Waals surface area contributed by atoms with E-state index in [-0.39, 0.29) is 24.0 Å². The largest absolute Gasteiger partial charge is 0.348 e. The Labute approximate surface area is 148 Å². The van der Waals surface area contributed by atoms with Crippen LogP contribution in [-0.4, -0.2) is 46.0 Å². The number of carbonyl (C=O) groups excluding carboxylic acids is 1. The summed E-state index contributed by atoms with van der Waals surface area (Å²) in [5.74, 6) is -0.121. The van der Waals surface area contributed by atoms with Gasteiger partial charge in [-0.05, 0) is 30.2 Å². The molecule has 26 heavy (non-hydrogen) atoms. The highest BCUT2D eigenvalue weighted by Crippen LogP contribution is 2.25. The highest BCUT2D eigenvalue weighted by Gasteiger charge is 2.19. The minimum absolute atomic E-state index is 0.0171. The average molecular weight is 355 g/mol. The molecule has 0 saturated carbocycles. The van der Waals surface area contributed by atoms with Gasteiger partial charge >= 0.3 is 0 Å². The maximum Gasteiger partial charge on any atom is 0.244 e. The van der Waals surface area contributed by atoms with Crippen LogP contribution in [0.4, 0.5) is 15.9 Å². The Bertz CT molecular complexity index is 971. The zero-order valence-electron chi connectivity index (χ0n) is 14.2. The highest BCUT2D eigenvalue weighted by atomic mass is 19.1. The van der Waals surface area contributed by atoms with Crippen LogP contribution in [0.1, 0.15) is 11.1 Å². The number of H-pyrrole nitrogens is 1. The molecule has 1 aliphatic heterocycles. The summed E-state index contributed by atoms with van der Waals surface area (Å²) in [5, 5.41) is 5.86. The van der Waals surface area contributed by atoms with E-state index in [2.05, 4.69) is 30.6 Å². The molecule has 0 bridgehead atoms. The second kappa shape index (κ2) is 6.68. The van der Waals surface area contributed by atoms with Crippen LogP contribution in [-0.2, 0) is 17.8 Å². The molecular weight excluding hydrogens is 337 g/mol. The van der Waals surface area contributed by atoms with Crippen LogP contribution < -0.4 is 15.5 Å². The van der Waals surface area contributed by atoms with E-state index in [1.165, 1.54) is 12.7 Å². The van der Waals surface area contributed by atoms with Gasteiger partial charge in [0, 0.05) is 13.6 Å². The summed E-state index contributed by atoms with van der Waals surface area (Å²) in [4.78, 5) is 29.3. The van der Waals surface area contributed by atoms with Gasteiger partial charge in [0.05, 0.1) is 18.6 Å². The molecule has 0 saturated heterocycles.